The molecule has 0 spiro atoms. The smallest absolute Gasteiger partial charge is 0.319 e. The lowest BCUT2D eigenvalue weighted by Crippen LogP contribution is -2.29. The van der Waals surface area contributed by atoms with Crippen LogP contribution in [0, 0.1) is 0 Å². The fourth-order valence-corrected chi connectivity index (χ4v) is 4.87. The normalized spacial score (nSPS) is 15.8. The number of carbonyl (C=O) groups is 1. The van der Waals surface area contributed by atoms with Crippen LogP contribution in [-0.4, -0.2) is 24.1 Å². The second kappa shape index (κ2) is 8.47. The van der Waals surface area contributed by atoms with Crippen LogP contribution in [-0.2, 0) is 0 Å². The number of hydrogen-bond acceptors (Lipinski definition) is 3. The lowest BCUT2D eigenvalue weighted by Gasteiger charge is -2.21. The second-order valence-corrected chi connectivity index (χ2v) is 7.51. The fourth-order valence-electron chi connectivity index (χ4n) is 2.00. The summed E-state index contributed by atoms with van der Waals surface area (Å²) in [5.41, 5.74) is 2.18. The molecule has 1 fully saturated rings. The largest absolute Gasteiger partial charge is 0.338 e. The standard InChI is InChI=1S/C15H22N2OS2/c1-2-3-8-16-15(18)17-13-7-4-6-12(11-13)14-19-9-5-10-20-14/h4,6-7,11,14H,2-3,5,8-10H2,1H3,(H2,16,17,18). The first-order valence-electron chi connectivity index (χ1n) is 7.17. The minimum Gasteiger partial charge on any atom is -0.338 e. The Morgan fingerprint density at radius 3 is 2.90 bits per heavy atom. The van der Waals surface area contributed by atoms with Crippen LogP contribution in [0.1, 0.15) is 36.3 Å². The van der Waals surface area contributed by atoms with Crippen molar-refractivity contribution in [3.8, 4) is 0 Å². The molecule has 0 atom stereocenters. The van der Waals surface area contributed by atoms with E-state index >= 15 is 0 Å². The Morgan fingerprint density at radius 2 is 2.15 bits per heavy atom. The van der Waals surface area contributed by atoms with E-state index in [1.807, 2.05) is 35.7 Å². The van der Waals surface area contributed by atoms with Gasteiger partial charge in [0.1, 0.15) is 0 Å². The molecule has 2 N–H and O–H groups in total. The molecule has 5 heteroatoms. The maximum Gasteiger partial charge on any atom is 0.319 e. The molecule has 3 nitrogen and oxygen atoms in total. The van der Waals surface area contributed by atoms with Crippen LogP contribution in [0.5, 0.6) is 0 Å². The maximum atomic E-state index is 11.7. The van der Waals surface area contributed by atoms with E-state index in [9.17, 15) is 4.79 Å². The number of unbranched alkanes of at least 4 members (excludes halogenated alkanes) is 1. The summed E-state index contributed by atoms with van der Waals surface area (Å²) in [6.45, 7) is 2.85. The van der Waals surface area contributed by atoms with Crippen molar-refractivity contribution in [1.29, 1.82) is 0 Å². The zero-order chi connectivity index (χ0) is 14.2. The maximum absolute atomic E-state index is 11.7. The minimum atomic E-state index is -0.112. The molecule has 1 heterocycles. The zero-order valence-electron chi connectivity index (χ0n) is 11.9. The first-order chi connectivity index (χ1) is 9.79. The van der Waals surface area contributed by atoms with Crippen molar-refractivity contribution >= 4 is 35.2 Å². The predicted octanol–water partition coefficient (Wildman–Crippen LogP) is 4.48. The van der Waals surface area contributed by atoms with Crippen LogP contribution in [0.15, 0.2) is 24.3 Å². The van der Waals surface area contributed by atoms with Crippen LogP contribution >= 0.6 is 23.5 Å². The van der Waals surface area contributed by atoms with Gasteiger partial charge in [-0.1, -0.05) is 25.5 Å². The minimum absolute atomic E-state index is 0.112. The van der Waals surface area contributed by atoms with Crippen molar-refractivity contribution in [2.24, 2.45) is 0 Å². The van der Waals surface area contributed by atoms with Gasteiger partial charge in [0.2, 0.25) is 0 Å². The molecule has 0 bridgehead atoms. The van der Waals surface area contributed by atoms with Crippen molar-refractivity contribution in [3.63, 3.8) is 0 Å². The van der Waals surface area contributed by atoms with Gasteiger partial charge in [0.25, 0.3) is 0 Å². The number of thioether (sulfide) groups is 2. The predicted molar refractivity (Wildman–Crippen MR) is 90.6 cm³/mol. The van der Waals surface area contributed by atoms with E-state index in [0.717, 1.165) is 25.1 Å². The van der Waals surface area contributed by atoms with Crippen molar-refractivity contribution in [2.75, 3.05) is 23.4 Å². The zero-order valence-corrected chi connectivity index (χ0v) is 13.5. The average molecular weight is 310 g/mol. The summed E-state index contributed by atoms with van der Waals surface area (Å²) >= 11 is 3.99. The molecule has 2 amide bonds. The van der Waals surface area contributed by atoms with E-state index in [0.29, 0.717) is 4.58 Å². The highest BCUT2D eigenvalue weighted by Gasteiger charge is 2.16. The third-order valence-electron chi connectivity index (χ3n) is 3.06. The molecule has 1 aromatic rings. The van der Waals surface area contributed by atoms with Gasteiger partial charge in [0.05, 0.1) is 4.58 Å². The van der Waals surface area contributed by atoms with Gasteiger partial charge in [-0.25, -0.2) is 4.79 Å². The number of carbonyl (C=O) groups excluding carboxylic acids is 1. The molecular weight excluding hydrogens is 288 g/mol. The monoisotopic (exact) mass is 310 g/mol. The van der Waals surface area contributed by atoms with E-state index in [1.165, 1.54) is 23.5 Å². The fraction of sp³-hybridized carbons (Fsp3) is 0.533. The van der Waals surface area contributed by atoms with E-state index in [2.05, 4.69) is 29.7 Å². The Labute approximate surface area is 129 Å². The van der Waals surface area contributed by atoms with Crippen LogP contribution in [0.25, 0.3) is 0 Å². The Hall–Kier alpha value is -0.810. The van der Waals surface area contributed by atoms with Crippen LogP contribution in [0.4, 0.5) is 10.5 Å². The van der Waals surface area contributed by atoms with E-state index < -0.39 is 0 Å². The number of anilines is 1. The van der Waals surface area contributed by atoms with Crippen LogP contribution in [0.2, 0.25) is 0 Å². The van der Waals surface area contributed by atoms with Crippen molar-refractivity contribution in [3.05, 3.63) is 29.8 Å². The Bertz CT molecular complexity index is 434. The third kappa shape index (κ3) is 4.94. The topological polar surface area (TPSA) is 41.1 Å². The summed E-state index contributed by atoms with van der Waals surface area (Å²) in [6, 6.07) is 8.10. The summed E-state index contributed by atoms with van der Waals surface area (Å²) in [4.78, 5) is 11.7. The van der Waals surface area contributed by atoms with Gasteiger partial charge in [-0.3, -0.25) is 0 Å². The number of urea groups is 1. The Morgan fingerprint density at radius 1 is 1.35 bits per heavy atom. The second-order valence-electron chi connectivity index (χ2n) is 4.79. The van der Waals surface area contributed by atoms with Crippen molar-refractivity contribution in [1.82, 2.24) is 5.32 Å². The van der Waals surface area contributed by atoms with Gasteiger partial charge in [0, 0.05) is 12.2 Å². The molecular formula is C15H22N2OS2. The summed E-state index contributed by atoms with van der Waals surface area (Å²) < 4.78 is 0.508. The number of nitrogens with one attached hydrogen (secondary N) is 2. The molecule has 0 aromatic heterocycles. The highest BCUT2D eigenvalue weighted by Crippen LogP contribution is 2.43. The molecule has 2 rings (SSSR count). The van der Waals surface area contributed by atoms with Gasteiger partial charge < -0.3 is 10.6 Å². The van der Waals surface area contributed by atoms with Gasteiger partial charge in [-0.2, -0.15) is 0 Å². The van der Waals surface area contributed by atoms with Gasteiger partial charge >= 0.3 is 6.03 Å². The first kappa shape index (κ1) is 15.6. The molecule has 1 saturated heterocycles. The molecule has 20 heavy (non-hydrogen) atoms. The molecule has 0 radical (unpaired) electrons. The molecule has 1 aromatic carbocycles. The molecule has 0 aliphatic carbocycles. The van der Waals surface area contributed by atoms with E-state index in [1.54, 1.807) is 0 Å². The molecule has 1 aliphatic rings. The molecule has 1 aliphatic heterocycles. The highest BCUT2D eigenvalue weighted by atomic mass is 32.2. The lowest BCUT2D eigenvalue weighted by molar-refractivity contribution is 0.252. The summed E-state index contributed by atoms with van der Waals surface area (Å²) in [5, 5.41) is 5.78. The number of rotatable bonds is 5. The summed E-state index contributed by atoms with van der Waals surface area (Å²) in [5.74, 6) is 2.46. The Kier molecular flexibility index (Phi) is 6.60. The van der Waals surface area contributed by atoms with Crippen LogP contribution in [0.3, 0.4) is 0 Å². The number of hydrogen-bond donors (Lipinski definition) is 2. The molecule has 0 saturated carbocycles. The summed E-state index contributed by atoms with van der Waals surface area (Å²) in [6.07, 6.45) is 3.40. The quantitative estimate of drug-likeness (QED) is 0.788. The van der Waals surface area contributed by atoms with Gasteiger partial charge in [-0.15, -0.1) is 23.5 Å². The van der Waals surface area contributed by atoms with Crippen molar-refractivity contribution in [2.45, 2.75) is 30.8 Å². The molecule has 0 unspecified atom stereocenters. The lowest BCUT2D eigenvalue weighted by atomic mass is 10.2. The van der Waals surface area contributed by atoms with E-state index in [4.69, 9.17) is 0 Å². The highest BCUT2D eigenvalue weighted by molar-refractivity contribution is 8.16. The number of amides is 2. The first-order valence-corrected chi connectivity index (χ1v) is 9.27. The SMILES string of the molecule is CCCCNC(=O)Nc1cccc(C2SCCCS2)c1. The van der Waals surface area contributed by atoms with Crippen molar-refractivity contribution < 1.29 is 4.79 Å². The van der Waals surface area contributed by atoms with E-state index in [-0.39, 0.29) is 6.03 Å². The van der Waals surface area contributed by atoms with Gasteiger partial charge in [-0.05, 0) is 42.0 Å². The van der Waals surface area contributed by atoms with Gasteiger partial charge in [0.15, 0.2) is 0 Å². The van der Waals surface area contributed by atoms with Crippen LogP contribution < -0.4 is 10.6 Å². The third-order valence-corrected chi connectivity index (χ3v) is 6.07. The average Bonchev–Trinajstić information content (AvgIpc) is 2.49. The summed E-state index contributed by atoms with van der Waals surface area (Å²) in [7, 11) is 0. The Balaban J connectivity index is 1.90. The number of benzene rings is 1. The molecule has 110 valence electrons.